The Hall–Kier alpha value is -5.81. The third-order valence-electron chi connectivity index (χ3n) is 7.33. The first-order valence-corrected chi connectivity index (χ1v) is 16.2. The molecule has 1 aromatic heterocycles. The molecule has 0 radical (unpaired) electrons. The van der Waals surface area contributed by atoms with Gasteiger partial charge in [0, 0.05) is 28.8 Å². The van der Waals surface area contributed by atoms with Crippen molar-refractivity contribution in [1.29, 1.82) is 0 Å². The van der Waals surface area contributed by atoms with Crippen LogP contribution in [0.5, 0.6) is 5.75 Å². The van der Waals surface area contributed by atoms with E-state index in [1.165, 1.54) is 16.4 Å². The number of anilines is 2. The number of thioether (sulfide) groups is 1. The number of nitrogens with zero attached hydrogens (tertiary/aromatic N) is 2. The fraction of sp³-hybridized carbons (Fsp3) is 0.135. The molecule has 0 aliphatic heterocycles. The van der Waals surface area contributed by atoms with Crippen molar-refractivity contribution in [3.05, 3.63) is 142 Å². The zero-order valence-corrected chi connectivity index (χ0v) is 27.5. The van der Waals surface area contributed by atoms with Gasteiger partial charge in [0.1, 0.15) is 17.1 Å². The van der Waals surface area contributed by atoms with E-state index < -0.39 is 11.8 Å². The van der Waals surface area contributed by atoms with E-state index in [1.54, 1.807) is 85.4 Å². The SMILES string of the molecule is CCOc1ccccc1/C=C(/NC(=O)c1ccccc1)C(=O)Nc1cccc(SCC(=O)Nc2c(C)n(C)n(-c3ccccc3)c2=O)c1. The van der Waals surface area contributed by atoms with Gasteiger partial charge in [0.25, 0.3) is 17.4 Å². The summed E-state index contributed by atoms with van der Waals surface area (Å²) >= 11 is 1.25. The van der Waals surface area contributed by atoms with Crippen LogP contribution in [0.1, 0.15) is 28.5 Å². The molecule has 0 bridgehead atoms. The fourth-order valence-corrected chi connectivity index (χ4v) is 5.64. The summed E-state index contributed by atoms with van der Waals surface area (Å²) in [6, 6.07) is 32.1. The first-order valence-electron chi connectivity index (χ1n) is 15.2. The summed E-state index contributed by atoms with van der Waals surface area (Å²) < 4.78 is 8.93. The lowest BCUT2D eigenvalue weighted by Gasteiger charge is -2.13. The Morgan fingerprint density at radius 1 is 0.854 bits per heavy atom. The van der Waals surface area contributed by atoms with Crippen LogP contribution in [0.4, 0.5) is 11.4 Å². The van der Waals surface area contributed by atoms with E-state index in [-0.39, 0.29) is 28.6 Å². The van der Waals surface area contributed by atoms with Gasteiger partial charge >= 0.3 is 0 Å². The smallest absolute Gasteiger partial charge is 0.295 e. The lowest BCUT2D eigenvalue weighted by Crippen LogP contribution is -2.30. The van der Waals surface area contributed by atoms with Crippen LogP contribution in [0, 0.1) is 6.92 Å². The molecule has 0 saturated carbocycles. The van der Waals surface area contributed by atoms with Crippen LogP contribution in [0.2, 0.25) is 0 Å². The number of ether oxygens (including phenoxy) is 1. The first-order chi connectivity index (χ1) is 23.2. The third-order valence-corrected chi connectivity index (χ3v) is 8.32. The van der Waals surface area contributed by atoms with Crippen molar-refractivity contribution in [2.45, 2.75) is 18.7 Å². The average Bonchev–Trinajstić information content (AvgIpc) is 3.31. The summed E-state index contributed by atoms with van der Waals surface area (Å²) in [5.41, 5.74) is 2.72. The number of hydrogen-bond acceptors (Lipinski definition) is 6. The van der Waals surface area contributed by atoms with Crippen molar-refractivity contribution >= 4 is 46.9 Å². The Kier molecular flexibility index (Phi) is 10.9. The number of carbonyl (C=O) groups excluding carboxylic acids is 3. The number of carbonyl (C=O) groups is 3. The Balaban J connectivity index is 1.29. The largest absolute Gasteiger partial charge is 0.493 e. The van der Waals surface area contributed by atoms with Crippen LogP contribution in [0.15, 0.2) is 125 Å². The lowest BCUT2D eigenvalue weighted by molar-refractivity contribution is -0.114. The maximum absolute atomic E-state index is 13.6. The van der Waals surface area contributed by atoms with Gasteiger partial charge in [-0.3, -0.25) is 23.9 Å². The van der Waals surface area contributed by atoms with E-state index in [4.69, 9.17) is 4.74 Å². The predicted octanol–water partition coefficient (Wildman–Crippen LogP) is 6.02. The van der Waals surface area contributed by atoms with Crippen LogP contribution < -0.4 is 26.2 Å². The number of benzene rings is 4. The van der Waals surface area contributed by atoms with Crippen molar-refractivity contribution in [3.63, 3.8) is 0 Å². The van der Waals surface area contributed by atoms with Crippen LogP contribution in [0.25, 0.3) is 11.8 Å². The highest BCUT2D eigenvalue weighted by molar-refractivity contribution is 8.00. The van der Waals surface area contributed by atoms with E-state index in [0.717, 1.165) is 4.90 Å². The molecule has 5 rings (SSSR count). The van der Waals surface area contributed by atoms with Crippen LogP contribution in [-0.4, -0.2) is 39.4 Å². The molecule has 244 valence electrons. The highest BCUT2D eigenvalue weighted by atomic mass is 32.2. The summed E-state index contributed by atoms with van der Waals surface area (Å²) in [4.78, 5) is 53.5. The zero-order valence-electron chi connectivity index (χ0n) is 26.7. The molecule has 5 aromatic rings. The minimum absolute atomic E-state index is 0.0211. The number of amides is 3. The Morgan fingerprint density at radius 2 is 1.54 bits per heavy atom. The van der Waals surface area contributed by atoms with Gasteiger partial charge in [0.05, 0.1) is 23.7 Å². The van der Waals surface area contributed by atoms with Crippen LogP contribution in [-0.2, 0) is 16.6 Å². The number of aromatic nitrogens is 2. The molecule has 4 aromatic carbocycles. The number of para-hydroxylation sites is 2. The van der Waals surface area contributed by atoms with Crippen LogP contribution >= 0.6 is 11.8 Å². The minimum atomic E-state index is -0.542. The molecule has 10 nitrogen and oxygen atoms in total. The molecular weight excluding hydrogens is 627 g/mol. The highest BCUT2D eigenvalue weighted by Crippen LogP contribution is 2.24. The summed E-state index contributed by atoms with van der Waals surface area (Å²) in [7, 11) is 1.76. The highest BCUT2D eigenvalue weighted by Gasteiger charge is 2.19. The van der Waals surface area contributed by atoms with Gasteiger partial charge in [-0.2, -0.15) is 0 Å². The fourth-order valence-electron chi connectivity index (χ4n) is 4.88. The van der Waals surface area contributed by atoms with Gasteiger partial charge in [-0.25, -0.2) is 4.68 Å². The first kappa shape index (κ1) is 33.6. The summed E-state index contributed by atoms with van der Waals surface area (Å²) in [5.74, 6) is -0.726. The van der Waals surface area contributed by atoms with E-state index in [1.807, 2.05) is 55.5 Å². The summed E-state index contributed by atoms with van der Waals surface area (Å²) in [6.07, 6.45) is 1.57. The van der Waals surface area contributed by atoms with Crippen molar-refractivity contribution < 1.29 is 19.1 Å². The standard InChI is InChI=1S/C37H35N5O5S/c1-4-47-32-21-12-11-16-27(32)22-31(39-35(44)26-14-7-5-8-15-26)36(45)38-28-17-13-20-30(23-28)48-24-33(43)40-34-25(2)41(3)42(37(34)46)29-18-9-6-10-19-29/h5-23H,4,24H2,1-3H3,(H,38,45)(H,39,44)(H,40,43)/b31-22+. The second-order valence-corrected chi connectivity index (χ2v) is 11.7. The van der Waals surface area contributed by atoms with Crippen molar-refractivity contribution in [3.8, 4) is 11.4 Å². The number of nitrogens with one attached hydrogen (secondary N) is 3. The zero-order chi connectivity index (χ0) is 34.0. The topological polar surface area (TPSA) is 123 Å². The summed E-state index contributed by atoms with van der Waals surface area (Å²) in [6.45, 7) is 4.07. The van der Waals surface area contributed by atoms with Gasteiger partial charge < -0.3 is 20.7 Å². The molecule has 0 fully saturated rings. The van der Waals surface area contributed by atoms with Crippen molar-refractivity contribution in [2.75, 3.05) is 23.0 Å². The Morgan fingerprint density at radius 3 is 2.27 bits per heavy atom. The monoisotopic (exact) mass is 661 g/mol. The normalized spacial score (nSPS) is 11.1. The molecule has 11 heteroatoms. The van der Waals surface area contributed by atoms with Crippen molar-refractivity contribution in [2.24, 2.45) is 7.05 Å². The van der Waals surface area contributed by atoms with Crippen molar-refractivity contribution in [1.82, 2.24) is 14.7 Å². The molecule has 0 atom stereocenters. The average molecular weight is 662 g/mol. The number of rotatable bonds is 12. The molecule has 0 aliphatic carbocycles. The maximum atomic E-state index is 13.6. The van der Waals surface area contributed by atoms with Gasteiger partial charge in [-0.1, -0.05) is 60.7 Å². The van der Waals surface area contributed by atoms with Gasteiger partial charge in [-0.15, -0.1) is 11.8 Å². The molecule has 0 saturated heterocycles. The molecule has 0 aliphatic rings. The molecular formula is C37H35N5O5S. The second kappa shape index (κ2) is 15.7. The summed E-state index contributed by atoms with van der Waals surface area (Å²) in [5, 5.41) is 8.36. The Bertz CT molecular complexity index is 2020. The molecule has 0 spiro atoms. The van der Waals surface area contributed by atoms with E-state index in [2.05, 4.69) is 16.0 Å². The second-order valence-electron chi connectivity index (χ2n) is 10.6. The number of hydrogen-bond donors (Lipinski definition) is 3. The Labute approximate surface area is 282 Å². The quantitative estimate of drug-likeness (QED) is 0.111. The van der Waals surface area contributed by atoms with Gasteiger partial charge in [-0.05, 0) is 68.5 Å². The van der Waals surface area contributed by atoms with E-state index in [9.17, 15) is 19.2 Å². The van der Waals surface area contributed by atoms with Gasteiger partial charge in [0.2, 0.25) is 5.91 Å². The molecule has 3 N–H and O–H groups in total. The molecule has 1 heterocycles. The predicted molar refractivity (Wildman–Crippen MR) is 190 cm³/mol. The lowest BCUT2D eigenvalue weighted by atomic mass is 10.1. The molecule has 48 heavy (non-hydrogen) atoms. The third kappa shape index (κ3) is 8.12. The maximum Gasteiger partial charge on any atom is 0.295 e. The van der Waals surface area contributed by atoms with E-state index in [0.29, 0.717) is 40.6 Å². The van der Waals surface area contributed by atoms with Crippen LogP contribution in [0.3, 0.4) is 0 Å². The minimum Gasteiger partial charge on any atom is -0.493 e. The molecule has 3 amide bonds. The van der Waals surface area contributed by atoms with Gasteiger partial charge in [0.15, 0.2) is 0 Å². The van der Waals surface area contributed by atoms with E-state index >= 15 is 0 Å². The molecule has 0 unspecified atom stereocenters.